The molecule has 1 aliphatic heterocycles. The molecule has 2 heterocycles. The van der Waals surface area contributed by atoms with Crippen LogP contribution in [-0.4, -0.2) is 41.9 Å². The molecular weight excluding hydrogens is 326 g/mol. The Labute approximate surface area is 127 Å². The van der Waals surface area contributed by atoms with Crippen LogP contribution in [0.3, 0.4) is 0 Å². The van der Waals surface area contributed by atoms with Gasteiger partial charge in [-0.25, -0.2) is 0 Å². The van der Waals surface area contributed by atoms with Crippen molar-refractivity contribution >= 4 is 33.2 Å². The first-order chi connectivity index (χ1) is 9.26. The van der Waals surface area contributed by atoms with Crippen LogP contribution >= 0.6 is 27.3 Å². The van der Waals surface area contributed by atoms with Gasteiger partial charge in [-0.1, -0.05) is 22.9 Å². The zero-order chi connectivity index (χ0) is 13.7. The Balaban J connectivity index is 1.89. The number of hydrogen-bond donors (Lipinski definition) is 0. The number of likely N-dealkylation sites (tertiary alicyclic amines) is 1. The van der Waals surface area contributed by atoms with E-state index in [1.807, 2.05) is 10.3 Å². The zero-order valence-corrected chi connectivity index (χ0v) is 13.6. The number of amides is 1. The van der Waals surface area contributed by atoms with E-state index in [4.69, 9.17) is 4.74 Å². The second-order valence-electron chi connectivity index (χ2n) is 4.68. The lowest BCUT2D eigenvalue weighted by atomic mass is 10.1. The lowest BCUT2D eigenvalue weighted by Crippen LogP contribution is -2.41. The summed E-state index contributed by atoms with van der Waals surface area (Å²) < 4.78 is 5.71. The van der Waals surface area contributed by atoms with Gasteiger partial charge in [0.25, 0.3) is 5.91 Å². The fourth-order valence-corrected chi connectivity index (χ4v) is 3.53. The standard InChI is InChI=1S/C14H20BrNO2S/c1-2-11-5-10-19-13(11)14(17)16-7-3-12(4-8-16)18-9-6-15/h5,10,12H,2-4,6-9H2,1H3. The summed E-state index contributed by atoms with van der Waals surface area (Å²) in [5, 5.41) is 2.89. The highest BCUT2D eigenvalue weighted by atomic mass is 79.9. The van der Waals surface area contributed by atoms with Crippen molar-refractivity contribution in [2.45, 2.75) is 32.3 Å². The number of alkyl halides is 1. The average molecular weight is 346 g/mol. The number of nitrogens with zero attached hydrogens (tertiary/aromatic N) is 1. The van der Waals surface area contributed by atoms with Gasteiger partial charge in [0.2, 0.25) is 0 Å². The maximum absolute atomic E-state index is 12.4. The van der Waals surface area contributed by atoms with E-state index in [0.717, 1.165) is 49.2 Å². The SMILES string of the molecule is CCc1ccsc1C(=O)N1CCC(OCCBr)CC1. The van der Waals surface area contributed by atoms with Crippen molar-refractivity contribution in [2.24, 2.45) is 0 Å². The van der Waals surface area contributed by atoms with Crippen molar-refractivity contribution in [1.82, 2.24) is 4.90 Å². The molecule has 0 aromatic carbocycles. The molecule has 0 aliphatic carbocycles. The molecule has 0 radical (unpaired) electrons. The van der Waals surface area contributed by atoms with Gasteiger partial charge in [-0.05, 0) is 36.3 Å². The molecule has 106 valence electrons. The summed E-state index contributed by atoms with van der Waals surface area (Å²) in [4.78, 5) is 15.3. The van der Waals surface area contributed by atoms with Crippen LogP contribution < -0.4 is 0 Å². The summed E-state index contributed by atoms with van der Waals surface area (Å²) in [6.45, 7) is 4.47. The van der Waals surface area contributed by atoms with Crippen LogP contribution in [0.2, 0.25) is 0 Å². The predicted molar refractivity (Wildman–Crippen MR) is 82.4 cm³/mol. The number of piperidine rings is 1. The van der Waals surface area contributed by atoms with Crippen molar-refractivity contribution in [3.05, 3.63) is 21.9 Å². The van der Waals surface area contributed by atoms with Crippen molar-refractivity contribution in [3.8, 4) is 0 Å². The first-order valence-electron chi connectivity index (χ1n) is 6.79. The Hall–Kier alpha value is -0.390. The smallest absolute Gasteiger partial charge is 0.264 e. The minimum absolute atomic E-state index is 0.200. The average Bonchev–Trinajstić information content (AvgIpc) is 2.93. The minimum atomic E-state index is 0.200. The molecule has 0 atom stereocenters. The predicted octanol–water partition coefficient (Wildman–Crippen LogP) is 3.33. The molecule has 0 unspecified atom stereocenters. The van der Waals surface area contributed by atoms with Gasteiger partial charge in [-0.15, -0.1) is 11.3 Å². The number of carbonyl (C=O) groups excluding carboxylic acids is 1. The summed E-state index contributed by atoms with van der Waals surface area (Å²) in [6, 6.07) is 2.06. The van der Waals surface area contributed by atoms with Crippen LogP contribution in [0.15, 0.2) is 11.4 Å². The van der Waals surface area contributed by atoms with E-state index in [9.17, 15) is 4.79 Å². The van der Waals surface area contributed by atoms with Gasteiger partial charge < -0.3 is 9.64 Å². The molecule has 1 fully saturated rings. The molecule has 1 aromatic heterocycles. The summed E-state index contributed by atoms with van der Waals surface area (Å²) in [7, 11) is 0. The normalized spacial score (nSPS) is 16.8. The third kappa shape index (κ3) is 3.80. The zero-order valence-electron chi connectivity index (χ0n) is 11.2. The molecule has 0 saturated carbocycles. The second kappa shape index (κ2) is 7.41. The van der Waals surface area contributed by atoms with E-state index in [0.29, 0.717) is 6.10 Å². The van der Waals surface area contributed by atoms with Crippen LogP contribution in [-0.2, 0) is 11.2 Å². The largest absolute Gasteiger partial charge is 0.377 e. The van der Waals surface area contributed by atoms with Crippen LogP contribution in [0.25, 0.3) is 0 Å². The summed E-state index contributed by atoms with van der Waals surface area (Å²) >= 11 is 4.93. The van der Waals surface area contributed by atoms with E-state index in [1.165, 1.54) is 5.56 Å². The number of aryl methyl sites for hydroxylation is 1. The number of thiophene rings is 1. The molecule has 0 bridgehead atoms. The van der Waals surface area contributed by atoms with Crippen molar-refractivity contribution in [1.29, 1.82) is 0 Å². The Morgan fingerprint density at radius 3 is 2.89 bits per heavy atom. The second-order valence-corrected chi connectivity index (χ2v) is 6.39. The molecule has 3 nitrogen and oxygen atoms in total. The van der Waals surface area contributed by atoms with E-state index in [1.54, 1.807) is 11.3 Å². The van der Waals surface area contributed by atoms with E-state index < -0.39 is 0 Å². The highest BCUT2D eigenvalue weighted by Crippen LogP contribution is 2.22. The van der Waals surface area contributed by atoms with Gasteiger partial charge in [-0.3, -0.25) is 4.79 Å². The maximum atomic E-state index is 12.4. The third-order valence-electron chi connectivity index (χ3n) is 3.48. The number of carbonyl (C=O) groups is 1. The third-order valence-corrected chi connectivity index (χ3v) is 4.75. The monoisotopic (exact) mass is 345 g/mol. The molecule has 1 aromatic rings. The van der Waals surface area contributed by atoms with Crippen LogP contribution in [0.4, 0.5) is 0 Å². The van der Waals surface area contributed by atoms with Crippen molar-refractivity contribution < 1.29 is 9.53 Å². The molecule has 19 heavy (non-hydrogen) atoms. The number of halogens is 1. The van der Waals surface area contributed by atoms with Gasteiger partial charge in [0.1, 0.15) is 0 Å². The lowest BCUT2D eigenvalue weighted by Gasteiger charge is -2.31. The van der Waals surface area contributed by atoms with E-state index in [2.05, 4.69) is 28.9 Å². The fourth-order valence-electron chi connectivity index (χ4n) is 2.38. The number of ether oxygens (including phenoxy) is 1. The number of rotatable bonds is 5. The maximum Gasteiger partial charge on any atom is 0.264 e. The molecule has 0 N–H and O–H groups in total. The van der Waals surface area contributed by atoms with Gasteiger partial charge in [0.05, 0.1) is 17.6 Å². The van der Waals surface area contributed by atoms with E-state index >= 15 is 0 Å². The first-order valence-corrected chi connectivity index (χ1v) is 8.79. The van der Waals surface area contributed by atoms with Crippen molar-refractivity contribution in [3.63, 3.8) is 0 Å². The fraction of sp³-hybridized carbons (Fsp3) is 0.643. The minimum Gasteiger partial charge on any atom is -0.377 e. The lowest BCUT2D eigenvalue weighted by molar-refractivity contribution is 0.0161. The van der Waals surface area contributed by atoms with Gasteiger partial charge in [-0.2, -0.15) is 0 Å². The van der Waals surface area contributed by atoms with Gasteiger partial charge in [0.15, 0.2) is 0 Å². The summed E-state index contributed by atoms with van der Waals surface area (Å²) in [6.07, 6.45) is 3.14. The Bertz CT molecular complexity index is 413. The molecule has 1 aliphatic rings. The molecule has 1 amide bonds. The Kier molecular flexibility index (Phi) is 5.85. The molecule has 0 spiro atoms. The van der Waals surface area contributed by atoms with Crippen LogP contribution in [0.1, 0.15) is 35.0 Å². The van der Waals surface area contributed by atoms with Gasteiger partial charge in [0, 0.05) is 18.4 Å². The highest BCUT2D eigenvalue weighted by molar-refractivity contribution is 9.09. The topological polar surface area (TPSA) is 29.5 Å². The summed E-state index contributed by atoms with van der Waals surface area (Å²) in [5.41, 5.74) is 1.17. The molecule has 2 rings (SSSR count). The highest BCUT2D eigenvalue weighted by Gasteiger charge is 2.25. The Morgan fingerprint density at radius 1 is 1.53 bits per heavy atom. The molecule has 1 saturated heterocycles. The quantitative estimate of drug-likeness (QED) is 0.766. The number of hydrogen-bond acceptors (Lipinski definition) is 3. The Morgan fingerprint density at radius 2 is 2.26 bits per heavy atom. The van der Waals surface area contributed by atoms with Crippen LogP contribution in [0, 0.1) is 0 Å². The van der Waals surface area contributed by atoms with Gasteiger partial charge >= 0.3 is 0 Å². The molecule has 5 heteroatoms. The van der Waals surface area contributed by atoms with Crippen molar-refractivity contribution in [2.75, 3.05) is 25.0 Å². The molecular formula is C14H20BrNO2S. The first kappa shape index (κ1) is 15.0. The van der Waals surface area contributed by atoms with E-state index in [-0.39, 0.29) is 5.91 Å². The summed E-state index contributed by atoms with van der Waals surface area (Å²) in [5.74, 6) is 0.200. The van der Waals surface area contributed by atoms with Crippen LogP contribution in [0.5, 0.6) is 0 Å².